The van der Waals surface area contributed by atoms with Gasteiger partial charge in [-0.25, -0.2) is 0 Å². The van der Waals surface area contributed by atoms with Crippen LogP contribution in [0.3, 0.4) is 0 Å². The molecule has 2 aromatic carbocycles. The molecule has 1 heterocycles. The zero-order valence-corrected chi connectivity index (χ0v) is 14.6. The van der Waals surface area contributed by atoms with Gasteiger partial charge in [0.25, 0.3) is 5.91 Å². The third-order valence-corrected chi connectivity index (χ3v) is 3.98. The summed E-state index contributed by atoms with van der Waals surface area (Å²) in [6.45, 7) is 4.05. The summed E-state index contributed by atoms with van der Waals surface area (Å²) < 4.78 is 10.8. The molecular weight excluding hydrogens is 330 g/mol. The molecule has 0 saturated carbocycles. The summed E-state index contributed by atoms with van der Waals surface area (Å²) in [5.41, 5.74) is 3.11. The average molecular weight is 349 g/mol. The lowest BCUT2D eigenvalue weighted by atomic mass is 10.1. The molecule has 3 rings (SSSR count). The van der Waals surface area contributed by atoms with Crippen molar-refractivity contribution in [2.24, 2.45) is 0 Å². The molecular formula is C21H19NO4. The van der Waals surface area contributed by atoms with Gasteiger partial charge in [0.2, 0.25) is 11.2 Å². The van der Waals surface area contributed by atoms with Crippen LogP contribution in [0.5, 0.6) is 5.75 Å². The zero-order chi connectivity index (χ0) is 18.5. The largest absolute Gasteiger partial charge is 0.482 e. The number of carbonyl (C=O) groups is 1. The third kappa shape index (κ3) is 4.00. The van der Waals surface area contributed by atoms with Gasteiger partial charge in [0.1, 0.15) is 12.9 Å². The maximum absolute atomic E-state index is 12.4. The van der Waals surface area contributed by atoms with E-state index in [0.29, 0.717) is 5.69 Å². The molecule has 5 heteroatoms. The molecule has 0 aliphatic heterocycles. The van der Waals surface area contributed by atoms with Crippen molar-refractivity contribution in [2.45, 2.75) is 20.5 Å². The van der Waals surface area contributed by atoms with Crippen molar-refractivity contribution >= 4 is 11.6 Å². The van der Waals surface area contributed by atoms with E-state index in [0.717, 1.165) is 22.8 Å². The van der Waals surface area contributed by atoms with Gasteiger partial charge in [0, 0.05) is 11.8 Å². The monoisotopic (exact) mass is 349 g/mol. The fraction of sp³-hybridized carbons (Fsp3) is 0.143. The molecule has 0 unspecified atom stereocenters. The Kier molecular flexibility index (Phi) is 5.17. The van der Waals surface area contributed by atoms with Crippen molar-refractivity contribution in [3.63, 3.8) is 0 Å². The molecule has 26 heavy (non-hydrogen) atoms. The first-order valence-corrected chi connectivity index (χ1v) is 8.22. The first kappa shape index (κ1) is 17.5. The fourth-order valence-electron chi connectivity index (χ4n) is 2.55. The van der Waals surface area contributed by atoms with Crippen LogP contribution in [0.2, 0.25) is 0 Å². The third-order valence-electron chi connectivity index (χ3n) is 3.98. The van der Waals surface area contributed by atoms with Gasteiger partial charge in [-0.2, -0.15) is 0 Å². The first-order valence-electron chi connectivity index (χ1n) is 8.22. The van der Waals surface area contributed by atoms with Crippen molar-refractivity contribution in [1.29, 1.82) is 0 Å². The second-order valence-corrected chi connectivity index (χ2v) is 5.97. The maximum atomic E-state index is 12.4. The van der Waals surface area contributed by atoms with Crippen LogP contribution in [0.25, 0.3) is 0 Å². The van der Waals surface area contributed by atoms with Crippen LogP contribution in [-0.2, 0) is 6.61 Å². The minimum Gasteiger partial charge on any atom is -0.482 e. The molecule has 1 aromatic heterocycles. The molecule has 132 valence electrons. The number of hydrogen-bond acceptors (Lipinski definition) is 4. The van der Waals surface area contributed by atoms with E-state index in [1.54, 1.807) is 0 Å². The molecule has 0 saturated heterocycles. The zero-order valence-electron chi connectivity index (χ0n) is 14.6. The van der Waals surface area contributed by atoms with Gasteiger partial charge in [-0.1, -0.05) is 48.5 Å². The van der Waals surface area contributed by atoms with E-state index in [4.69, 9.17) is 9.15 Å². The highest BCUT2D eigenvalue weighted by Crippen LogP contribution is 2.20. The fourth-order valence-corrected chi connectivity index (χ4v) is 2.55. The van der Waals surface area contributed by atoms with Gasteiger partial charge in [-0.3, -0.25) is 9.59 Å². The van der Waals surface area contributed by atoms with E-state index in [1.807, 2.05) is 62.4 Å². The minimum atomic E-state index is -0.478. The minimum absolute atomic E-state index is 0.0651. The van der Waals surface area contributed by atoms with Crippen molar-refractivity contribution in [3.05, 3.63) is 93.5 Å². The smallest absolute Gasteiger partial charge is 0.291 e. The number of benzene rings is 2. The van der Waals surface area contributed by atoms with Crippen molar-refractivity contribution in [1.82, 2.24) is 0 Å². The number of hydrogen-bond donors (Lipinski definition) is 1. The van der Waals surface area contributed by atoms with E-state index in [1.165, 1.54) is 6.26 Å². The normalized spacial score (nSPS) is 10.4. The van der Waals surface area contributed by atoms with Crippen molar-refractivity contribution < 1.29 is 13.9 Å². The van der Waals surface area contributed by atoms with Crippen LogP contribution in [-0.4, -0.2) is 5.91 Å². The predicted molar refractivity (Wildman–Crippen MR) is 99.6 cm³/mol. The van der Waals surface area contributed by atoms with E-state index < -0.39 is 11.3 Å². The summed E-state index contributed by atoms with van der Waals surface area (Å²) >= 11 is 0. The second-order valence-electron chi connectivity index (χ2n) is 5.97. The Hall–Kier alpha value is -3.34. The highest BCUT2D eigenvalue weighted by atomic mass is 16.5. The van der Waals surface area contributed by atoms with E-state index in [9.17, 15) is 9.59 Å². The molecule has 3 aromatic rings. The average Bonchev–Trinajstić information content (AvgIpc) is 2.64. The number of nitrogens with one attached hydrogen (secondary N) is 1. The molecule has 0 aliphatic carbocycles. The number of aryl methyl sites for hydroxylation is 2. The maximum Gasteiger partial charge on any atom is 0.291 e. The molecule has 1 amide bonds. The molecule has 1 N–H and O–H groups in total. The Labute approximate surface area is 151 Å². The van der Waals surface area contributed by atoms with Gasteiger partial charge in [0.15, 0.2) is 5.76 Å². The summed E-state index contributed by atoms with van der Waals surface area (Å²) in [7, 11) is 0. The lowest BCUT2D eigenvalue weighted by molar-refractivity contribution is 0.0993. The lowest BCUT2D eigenvalue weighted by Crippen LogP contribution is -2.17. The summed E-state index contributed by atoms with van der Waals surface area (Å²) in [6, 6.07) is 16.3. The predicted octanol–water partition coefficient (Wildman–Crippen LogP) is 4.09. The van der Waals surface area contributed by atoms with Crippen LogP contribution >= 0.6 is 0 Å². The summed E-state index contributed by atoms with van der Waals surface area (Å²) in [5.74, 6) is -0.476. The van der Waals surface area contributed by atoms with E-state index in [2.05, 4.69) is 5.32 Å². The second kappa shape index (κ2) is 7.70. The molecule has 5 nitrogen and oxygen atoms in total. The lowest BCUT2D eigenvalue weighted by Gasteiger charge is -2.11. The summed E-state index contributed by atoms with van der Waals surface area (Å²) in [5, 5.41) is 2.79. The molecule has 0 fully saturated rings. The van der Waals surface area contributed by atoms with Gasteiger partial charge >= 0.3 is 0 Å². The highest BCUT2D eigenvalue weighted by Gasteiger charge is 2.14. The number of para-hydroxylation sites is 1. The van der Waals surface area contributed by atoms with Gasteiger partial charge in [-0.05, 0) is 30.5 Å². The Morgan fingerprint density at radius 3 is 2.38 bits per heavy atom. The van der Waals surface area contributed by atoms with Crippen LogP contribution in [0.15, 0.2) is 70.1 Å². The number of amides is 1. The van der Waals surface area contributed by atoms with Crippen LogP contribution < -0.4 is 15.5 Å². The topological polar surface area (TPSA) is 68.5 Å². The van der Waals surface area contributed by atoms with Crippen LogP contribution in [0, 0.1) is 13.8 Å². The number of rotatable bonds is 5. The Balaban J connectivity index is 1.72. The van der Waals surface area contributed by atoms with Gasteiger partial charge in [0.05, 0.1) is 0 Å². The molecule has 0 bridgehead atoms. The number of carbonyl (C=O) groups excluding carboxylic acids is 1. The SMILES string of the molecule is Cc1cccc(C)c1NC(=O)c1cc(=O)c(OCc2ccccc2)co1. The van der Waals surface area contributed by atoms with Crippen LogP contribution in [0.4, 0.5) is 5.69 Å². The van der Waals surface area contributed by atoms with E-state index in [-0.39, 0.29) is 18.1 Å². The van der Waals surface area contributed by atoms with Gasteiger partial charge < -0.3 is 14.5 Å². The first-order chi connectivity index (χ1) is 12.5. The number of anilines is 1. The van der Waals surface area contributed by atoms with E-state index >= 15 is 0 Å². The summed E-state index contributed by atoms with van der Waals surface area (Å²) in [4.78, 5) is 24.6. The summed E-state index contributed by atoms with van der Waals surface area (Å²) in [6.07, 6.45) is 1.17. The molecule has 0 atom stereocenters. The number of ether oxygens (including phenoxy) is 1. The molecule has 0 spiro atoms. The Morgan fingerprint density at radius 2 is 1.73 bits per heavy atom. The van der Waals surface area contributed by atoms with Crippen molar-refractivity contribution in [3.8, 4) is 5.75 Å². The molecule has 0 aliphatic rings. The Bertz CT molecular complexity index is 957. The standard InChI is InChI=1S/C21H19NO4/c1-14-7-6-8-15(2)20(14)22-21(24)18-11-17(23)19(13-26-18)25-12-16-9-4-3-5-10-16/h3-11,13H,12H2,1-2H3,(H,22,24). The Morgan fingerprint density at radius 1 is 1.04 bits per heavy atom. The highest BCUT2D eigenvalue weighted by molar-refractivity contribution is 6.03. The van der Waals surface area contributed by atoms with Crippen LogP contribution in [0.1, 0.15) is 27.2 Å². The van der Waals surface area contributed by atoms with Gasteiger partial charge in [-0.15, -0.1) is 0 Å². The molecule has 0 radical (unpaired) electrons. The quantitative estimate of drug-likeness (QED) is 0.753. The van der Waals surface area contributed by atoms with Crippen molar-refractivity contribution in [2.75, 3.05) is 5.32 Å².